The number of hydrogen-bond acceptors (Lipinski definition) is 2. The minimum atomic E-state index is -4.12. The third kappa shape index (κ3) is 6.44. The molecule has 1 atom stereocenters. The van der Waals surface area contributed by atoms with Gasteiger partial charge in [-0.3, -0.25) is 9.36 Å². The van der Waals surface area contributed by atoms with Crippen molar-refractivity contribution in [2.75, 3.05) is 6.54 Å². The van der Waals surface area contributed by atoms with E-state index < -0.39 is 19.2 Å². The summed E-state index contributed by atoms with van der Waals surface area (Å²) in [7, 11) is -4.12. The lowest BCUT2D eigenvalue weighted by molar-refractivity contribution is -0.116. The highest BCUT2D eigenvalue weighted by molar-refractivity contribution is 7.52. The first-order valence-electron chi connectivity index (χ1n) is 4.87. The van der Waals surface area contributed by atoms with E-state index in [9.17, 15) is 9.36 Å². The zero-order valence-electron chi connectivity index (χ0n) is 8.85. The van der Waals surface area contributed by atoms with Gasteiger partial charge in [0.25, 0.3) is 0 Å². The van der Waals surface area contributed by atoms with E-state index in [4.69, 9.17) is 9.79 Å². The Morgan fingerprint density at radius 3 is 2.60 bits per heavy atom. The maximum atomic E-state index is 11.1. The molecule has 1 amide bonds. The van der Waals surface area contributed by atoms with E-state index in [-0.39, 0.29) is 6.54 Å². The zero-order valence-corrected chi connectivity index (χ0v) is 9.74. The molecule has 0 radical (unpaired) electrons. The minimum Gasteiger partial charge on any atom is -0.352 e. The predicted octanol–water partition coefficient (Wildman–Crippen LogP) is 1.03. The van der Waals surface area contributed by atoms with E-state index in [0.29, 0.717) is 6.42 Å². The highest BCUT2D eigenvalue weighted by atomic mass is 31.2. The first-order valence-corrected chi connectivity index (χ1v) is 6.55. The Morgan fingerprint density at radius 2 is 2.20 bits per heavy atom. The number of rotatable bonds is 7. The van der Waals surface area contributed by atoms with Gasteiger partial charge < -0.3 is 15.1 Å². The van der Waals surface area contributed by atoms with E-state index in [1.54, 1.807) is 0 Å². The SMILES string of the molecule is C=CC(=O)NCC(CCCC)P(=O)(O)O. The van der Waals surface area contributed by atoms with Crippen molar-refractivity contribution in [3.05, 3.63) is 12.7 Å². The molecular formula is C9H18NO4P. The maximum Gasteiger partial charge on any atom is 0.330 e. The van der Waals surface area contributed by atoms with Gasteiger partial charge in [-0.05, 0) is 12.5 Å². The molecule has 0 heterocycles. The van der Waals surface area contributed by atoms with Crippen LogP contribution in [-0.4, -0.2) is 27.9 Å². The fraction of sp³-hybridized carbons (Fsp3) is 0.667. The number of carbonyl (C=O) groups is 1. The zero-order chi connectivity index (χ0) is 11.9. The Labute approximate surface area is 89.7 Å². The van der Waals surface area contributed by atoms with Gasteiger partial charge in [-0.1, -0.05) is 26.3 Å². The topological polar surface area (TPSA) is 86.6 Å². The average Bonchev–Trinajstić information content (AvgIpc) is 2.15. The van der Waals surface area contributed by atoms with Crippen molar-refractivity contribution in [1.82, 2.24) is 5.32 Å². The van der Waals surface area contributed by atoms with Crippen molar-refractivity contribution in [3.8, 4) is 0 Å². The summed E-state index contributed by atoms with van der Waals surface area (Å²) in [5, 5.41) is 2.40. The number of unbranched alkanes of at least 4 members (excludes halogenated alkanes) is 1. The van der Waals surface area contributed by atoms with E-state index in [2.05, 4.69) is 11.9 Å². The Bertz CT molecular complexity index is 261. The number of amides is 1. The van der Waals surface area contributed by atoms with Crippen LogP contribution < -0.4 is 5.32 Å². The first kappa shape index (κ1) is 14.4. The van der Waals surface area contributed by atoms with Crippen LogP contribution in [0.3, 0.4) is 0 Å². The molecule has 0 rings (SSSR count). The Hall–Kier alpha value is -0.640. The molecule has 0 saturated heterocycles. The molecule has 88 valence electrons. The quantitative estimate of drug-likeness (QED) is 0.454. The summed E-state index contributed by atoms with van der Waals surface area (Å²) in [6, 6.07) is 0. The maximum absolute atomic E-state index is 11.1. The van der Waals surface area contributed by atoms with Gasteiger partial charge in [0.1, 0.15) is 0 Å². The smallest absolute Gasteiger partial charge is 0.330 e. The Morgan fingerprint density at radius 1 is 1.60 bits per heavy atom. The summed E-state index contributed by atoms with van der Waals surface area (Å²) < 4.78 is 11.1. The molecule has 0 aliphatic rings. The average molecular weight is 235 g/mol. The van der Waals surface area contributed by atoms with Crippen molar-refractivity contribution in [2.45, 2.75) is 31.8 Å². The van der Waals surface area contributed by atoms with Crippen LogP contribution in [0, 0.1) is 0 Å². The molecule has 0 saturated carbocycles. The molecule has 0 aromatic rings. The molecule has 15 heavy (non-hydrogen) atoms. The second kappa shape index (κ2) is 6.77. The normalized spacial score (nSPS) is 13.3. The molecule has 0 aromatic heterocycles. The fourth-order valence-corrected chi connectivity index (χ4v) is 1.97. The molecule has 0 aromatic carbocycles. The molecule has 0 spiro atoms. The molecule has 1 unspecified atom stereocenters. The van der Waals surface area contributed by atoms with Crippen LogP contribution in [0.15, 0.2) is 12.7 Å². The van der Waals surface area contributed by atoms with Crippen LogP contribution in [-0.2, 0) is 9.36 Å². The third-order valence-electron chi connectivity index (χ3n) is 2.06. The Balaban J connectivity index is 4.19. The number of nitrogens with one attached hydrogen (secondary N) is 1. The van der Waals surface area contributed by atoms with Crippen molar-refractivity contribution in [3.63, 3.8) is 0 Å². The monoisotopic (exact) mass is 235 g/mol. The van der Waals surface area contributed by atoms with Gasteiger partial charge in [0.05, 0.1) is 5.66 Å². The number of hydrogen-bond donors (Lipinski definition) is 3. The van der Waals surface area contributed by atoms with Crippen molar-refractivity contribution in [1.29, 1.82) is 0 Å². The standard InChI is InChI=1S/C9H18NO4P/c1-3-5-6-8(15(12,13)14)7-10-9(11)4-2/h4,8H,2-3,5-7H2,1H3,(H,10,11)(H2,12,13,14). The largest absolute Gasteiger partial charge is 0.352 e. The van der Waals surface area contributed by atoms with Crippen LogP contribution in [0.25, 0.3) is 0 Å². The van der Waals surface area contributed by atoms with Gasteiger partial charge in [0.15, 0.2) is 0 Å². The van der Waals surface area contributed by atoms with Gasteiger partial charge in [-0.15, -0.1) is 0 Å². The van der Waals surface area contributed by atoms with Gasteiger partial charge in [0, 0.05) is 6.54 Å². The molecule has 5 nitrogen and oxygen atoms in total. The van der Waals surface area contributed by atoms with Crippen LogP contribution in [0.4, 0.5) is 0 Å². The van der Waals surface area contributed by atoms with Crippen LogP contribution in [0.2, 0.25) is 0 Å². The molecular weight excluding hydrogens is 217 g/mol. The van der Waals surface area contributed by atoms with Gasteiger partial charge in [-0.2, -0.15) is 0 Å². The van der Waals surface area contributed by atoms with E-state index in [0.717, 1.165) is 18.9 Å². The summed E-state index contributed by atoms with van der Waals surface area (Å²) >= 11 is 0. The van der Waals surface area contributed by atoms with E-state index >= 15 is 0 Å². The lowest BCUT2D eigenvalue weighted by Crippen LogP contribution is -2.30. The van der Waals surface area contributed by atoms with Crippen molar-refractivity contribution < 1.29 is 19.1 Å². The van der Waals surface area contributed by atoms with Gasteiger partial charge in [0.2, 0.25) is 5.91 Å². The van der Waals surface area contributed by atoms with Crippen LogP contribution in [0.1, 0.15) is 26.2 Å². The third-order valence-corrected chi connectivity index (χ3v) is 3.46. The van der Waals surface area contributed by atoms with Crippen molar-refractivity contribution in [2.24, 2.45) is 0 Å². The fourth-order valence-electron chi connectivity index (χ4n) is 1.12. The lowest BCUT2D eigenvalue weighted by Gasteiger charge is -2.18. The second-order valence-electron chi connectivity index (χ2n) is 3.33. The summed E-state index contributed by atoms with van der Waals surface area (Å²) in [6.45, 7) is 5.20. The summed E-state index contributed by atoms with van der Waals surface area (Å²) in [4.78, 5) is 28.9. The highest BCUT2D eigenvalue weighted by Gasteiger charge is 2.27. The van der Waals surface area contributed by atoms with Crippen LogP contribution in [0.5, 0.6) is 0 Å². The molecule has 0 aliphatic carbocycles. The molecule has 3 N–H and O–H groups in total. The lowest BCUT2D eigenvalue weighted by atomic mass is 10.2. The molecule has 0 fully saturated rings. The van der Waals surface area contributed by atoms with E-state index in [1.165, 1.54) is 0 Å². The summed E-state index contributed by atoms with van der Waals surface area (Å²) in [5.74, 6) is -0.412. The first-order chi connectivity index (χ1) is 6.91. The second-order valence-corrected chi connectivity index (χ2v) is 5.24. The summed E-state index contributed by atoms with van der Waals surface area (Å²) in [6.07, 6.45) is 3.10. The van der Waals surface area contributed by atoms with Gasteiger partial charge >= 0.3 is 7.60 Å². The van der Waals surface area contributed by atoms with E-state index in [1.807, 2.05) is 6.92 Å². The minimum absolute atomic E-state index is 0.00483. The van der Waals surface area contributed by atoms with Crippen molar-refractivity contribution >= 4 is 13.5 Å². The molecule has 6 heteroatoms. The van der Waals surface area contributed by atoms with Crippen LogP contribution >= 0.6 is 7.60 Å². The highest BCUT2D eigenvalue weighted by Crippen LogP contribution is 2.43. The van der Waals surface area contributed by atoms with Gasteiger partial charge in [-0.25, -0.2) is 0 Å². The predicted molar refractivity (Wildman–Crippen MR) is 58.6 cm³/mol. The molecule has 0 bridgehead atoms. The molecule has 0 aliphatic heterocycles. The Kier molecular flexibility index (Phi) is 6.48. The number of carbonyl (C=O) groups excluding carboxylic acids is 1. The summed E-state index contributed by atoms with van der Waals surface area (Å²) in [5.41, 5.74) is -0.790.